The molecule has 38 heavy (non-hydrogen) atoms. The molecule has 4 heterocycles. The lowest BCUT2D eigenvalue weighted by molar-refractivity contribution is 0.0827. The third-order valence-electron chi connectivity index (χ3n) is 7.20. The van der Waals surface area contributed by atoms with Gasteiger partial charge in [0.1, 0.15) is 17.3 Å². The Hall–Kier alpha value is -4.11. The molecule has 4 aromatic rings. The Morgan fingerprint density at radius 2 is 2.03 bits per heavy atom. The van der Waals surface area contributed by atoms with Gasteiger partial charge >= 0.3 is 0 Å². The normalized spacial score (nSPS) is 17.9. The molecule has 1 amide bonds. The molecule has 0 aliphatic carbocycles. The van der Waals surface area contributed by atoms with Gasteiger partial charge in [-0.05, 0) is 67.8 Å². The number of nitrogens with zero attached hydrogens (tertiary/aromatic N) is 6. The summed E-state index contributed by atoms with van der Waals surface area (Å²) in [7, 11) is 1.96. The number of pyridine rings is 1. The molecule has 0 radical (unpaired) electrons. The average molecular weight is 520 g/mol. The van der Waals surface area contributed by atoms with E-state index in [1.807, 2.05) is 25.3 Å². The van der Waals surface area contributed by atoms with E-state index in [1.54, 1.807) is 19.2 Å². The second-order valence-electron chi connectivity index (χ2n) is 9.51. The Morgan fingerprint density at radius 3 is 2.68 bits per heavy atom. The molecule has 1 atom stereocenters. The lowest BCUT2D eigenvalue weighted by atomic mass is 9.92. The van der Waals surface area contributed by atoms with Crippen molar-refractivity contribution in [2.45, 2.75) is 26.3 Å². The minimum absolute atomic E-state index is 0.00552. The van der Waals surface area contributed by atoms with Gasteiger partial charge in [-0.15, -0.1) is 10.2 Å². The molecule has 5 rings (SSSR count). The lowest BCUT2D eigenvalue weighted by Gasteiger charge is -2.32. The Bertz CT molecular complexity index is 1730. The van der Waals surface area contributed by atoms with Gasteiger partial charge in [-0.1, -0.05) is 6.08 Å². The van der Waals surface area contributed by atoms with Crippen LogP contribution in [0.3, 0.4) is 0 Å². The molecule has 3 aromatic heterocycles. The van der Waals surface area contributed by atoms with Crippen molar-refractivity contribution in [3.63, 3.8) is 0 Å². The molecule has 0 spiro atoms. The number of carbonyl (C=O) groups is 1. The molecule has 196 valence electrons. The molecular formula is C29H32FN7O. The highest BCUT2D eigenvalue weighted by atomic mass is 19.1. The summed E-state index contributed by atoms with van der Waals surface area (Å²) in [4.78, 5) is 19.6. The highest BCUT2D eigenvalue weighted by Crippen LogP contribution is 2.35. The number of halogens is 1. The van der Waals surface area contributed by atoms with Crippen LogP contribution in [0.5, 0.6) is 0 Å². The summed E-state index contributed by atoms with van der Waals surface area (Å²) in [5, 5.41) is 9.15. The van der Waals surface area contributed by atoms with Gasteiger partial charge in [0, 0.05) is 82.3 Å². The molecule has 2 N–H and O–H groups in total. The third kappa shape index (κ3) is 4.54. The van der Waals surface area contributed by atoms with Gasteiger partial charge < -0.3 is 15.2 Å². The SMILES string of the molecule is [2H]C([2H])([2H])N(C(=O)c1cc(C)c(C2=CCN([C@@H](C)c3cc4c(-c5ccc(N)nn5)ccnc4n3C)CC2)c(F)c1)C([2H])([2H])[2H]. The fourth-order valence-electron chi connectivity index (χ4n) is 5.20. The number of aryl methyl sites for hydroxylation is 2. The molecule has 0 bridgehead atoms. The first-order chi connectivity index (χ1) is 20.6. The van der Waals surface area contributed by atoms with E-state index in [9.17, 15) is 4.79 Å². The van der Waals surface area contributed by atoms with E-state index in [0.29, 0.717) is 42.1 Å². The number of aromatic nitrogens is 4. The number of amides is 1. The number of hydrogen-bond donors (Lipinski definition) is 1. The fourth-order valence-corrected chi connectivity index (χ4v) is 5.20. The van der Waals surface area contributed by atoms with Crippen LogP contribution >= 0.6 is 0 Å². The first kappa shape index (κ1) is 19.0. The average Bonchev–Trinajstić information content (AvgIpc) is 3.28. The largest absolute Gasteiger partial charge is 0.382 e. The summed E-state index contributed by atoms with van der Waals surface area (Å²) in [5.41, 5.74) is 10.3. The number of anilines is 1. The molecule has 0 saturated carbocycles. The fraction of sp³-hybridized carbons (Fsp3) is 0.310. The van der Waals surface area contributed by atoms with Gasteiger partial charge in [0.15, 0.2) is 0 Å². The van der Waals surface area contributed by atoms with Crippen molar-refractivity contribution in [2.75, 3.05) is 32.8 Å². The van der Waals surface area contributed by atoms with Gasteiger partial charge in [-0.25, -0.2) is 9.37 Å². The van der Waals surface area contributed by atoms with Gasteiger partial charge in [-0.2, -0.15) is 0 Å². The van der Waals surface area contributed by atoms with Crippen LogP contribution in [0.25, 0.3) is 27.9 Å². The van der Waals surface area contributed by atoms with Gasteiger partial charge in [0.05, 0.1) is 5.69 Å². The molecule has 0 fully saturated rings. The number of carbonyl (C=O) groups excluding carboxylic acids is 1. The molecular weight excluding hydrogens is 481 g/mol. The van der Waals surface area contributed by atoms with Crippen LogP contribution in [-0.4, -0.2) is 62.5 Å². The number of benzene rings is 1. The van der Waals surface area contributed by atoms with Gasteiger partial charge in [0.25, 0.3) is 5.91 Å². The van der Waals surface area contributed by atoms with Crippen molar-refractivity contribution in [1.82, 2.24) is 29.5 Å². The molecule has 1 aliphatic heterocycles. The van der Waals surface area contributed by atoms with Crippen molar-refractivity contribution in [3.05, 3.63) is 76.9 Å². The van der Waals surface area contributed by atoms with Crippen LogP contribution in [0.1, 0.15) is 54.8 Å². The summed E-state index contributed by atoms with van der Waals surface area (Å²) in [6.45, 7) is -1.56. The second kappa shape index (κ2) is 9.98. The summed E-state index contributed by atoms with van der Waals surface area (Å²) < 4.78 is 62.6. The van der Waals surface area contributed by atoms with Crippen molar-refractivity contribution in [3.8, 4) is 11.3 Å². The number of nitrogen functional groups attached to an aromatic ring is 1. The number of rotatable bonds is 5. The predicted molar refractivity (Wildman–Crippen MR) is 148 cm³/mol. The van der Waals surface area contributed by atoms with Crippen molar-refractivity contribution in [2.24, 2.45) is 7.05 Å². The molecule has 9 heteroatoms. The molecule has 1 aliphatic rings. The van der Waals surface area contributed by atoms with Crippen LogP contribution in [-0.2, 0) is 7.05 Å². The van der Waals surface area contributed by atoms with E-state index in [0.717, 1.165) is 33.9 Å². The minimum Gasteiger partial charge on any atom is -0.382 e. The van der Waals surface area contributed by atoms with Crippen LogP contribution in [0.2, 0.25) is 0 Å². The van der Waals surface area contributed by atoms with Gasteiger partial charge in [-0.3, -0.25) is 9.69 Å². The number of hydrogen-bond acceptors (Lipinski definition) is 6. The van der Waals surface area contributed by atoms with E-state index < -0.39 is 25.7 Å². The van der Waals surface area contributed by atoms with E-state index in [4.69, 9.17) is 14.0 Å². The first-order valence-electron chi connectivity index (χ1n) is 15.2. The predicted octanol–water partition coefficient (Wildman–Crippen LogP) is 4.61. The lowest BCUT2D eigenvalue weighted by Crippen LogP contribution is -2.32. The van der Waals surface area contributed by atoms with Crippen molar-refractivity contribution >= 4 is 28.3 Å². The van der Waals surface area contributed by atoms with Gasteiger partial charge in [0.2, 0.25) is 0 Å². The topological polar surface area (TPSA) is 93.2 Å². The maximum atomic E-state index is 15.5. The van der Waals surface area contributed by atoms with Crippen LogP contribution in [0.4, 0.5) is 10.2 Å². The van der Waals surface area contributed by atoms with E-state index >= 15 is 4.39 Å². The standard InChI is InChI=1S/C29H32FN7O/c1-17-14-20(29(38)35(3)4)15-23(30)27(17)19-9-12-37(13-10-19)18(2)25-16-22-21(8-11-32-28(22)36(25)5)24-6-7-26(31)34-33-24/h6-9,11,14-16,18H,10,12-13H2,1-5H3,(H2,31,34)/t18-/m0/s1/i3D3,4D3. The second-order valence-corrected chi connectivity index (χ2v) is 9.51. The van der Waals surface area contributed by atoms with Crippen LogP contribution in [0.15, 0.2) is 48.7 Å². The Morgan fingerprint density at radius 1 is 1.21 bits per heavy atom. The maximum Gasteiger partial charge on any atom is 0.253 e. The van der Waals surface area contributed by atoms with Crippen LogP contribution in [0, 0.1) is 12.7 Å². The Kier molecular flexibility index (Phi) is 5.00. The number of nitrogens with two attached hydrogens (primary N) is 1. The van der Waals surface area contributed by atoms with Crippen molar-refractivity contribution < 1.29 is 17.4 Å². The quantitative estimate of drug-likeness (QED) is 0.414. The highest BCUT2D eigenvalue weighted by molar-refractivity contribution is 5.95. The molecule has 8 nitrogen and oxygen atoms in total. The maximum absolute atomic E-state index is 15.5. The zero-order valence-corrected chi connectivity index (χ0v) is 21.4. The van der Waals surface area contributed by atoms with Crippen molar-refractivity contribution in [1.29, 1.82) is 0 Å². The minimum atomic E-state index is -3.22. The zero-order chi connectivity index (χ0) is 32.1. The van der Waals surface area contributed by atoms with E-state index in [2.05, 4.69) is 37.6 Å². The van der Waals surface area contributed by atoms with E-state index in [-0.39, 0.29) is 16.5 Å². The first-order valence-corrected chi connectivity index (χ1v) is 12.2. The summed E-state index contributed by atoms with van der Waals surface area (Å²) in [6, 6.07) is 9.77. The summed E-state index contributed by atoms with van der Waals surface area (Å²) in [5.74, 6) is -1.66. The molecule has 0 unspecified atom stereocenters. The van der Waals surface area contributed by atoms with E-state index in [1.165, 1.54) is 6.07 Å². The highest BCUT2D eigenvalue weighted by Gasteiger charge is 2.25. The number of fused-ring (bicyclic) bond motifs is 1. The summed E-state index contributed by atoms with van der Waals surface area (Å²) in [6.07, 6.45) is 4.21. The smallest absolute Gasteiger partial charge is 0.253 e. The molecule has 1 aromatic carbocycles. The van der Waals surface area contributed by atoms with Crippen LogP contribution < -0.4 is 5.73 Å². The zero-order valence-electron chi connectivity index (χ0n) is 27.4. The third-order valence-corrected chi connectivity index (χ3v) is 7.20. The monoisotopic (exact) mass is 519 g/mol. The Balaban J connectivity index is 1.39. The molecule has 0 saturated heterocycles. The Labute approximate surface area is 230 Å². The summed E-state index contributed by atoms with van der Waals surface area (Å²) >= 11 is 0.